The molecule has 0 aromatic heterocycles. The molecule has 0 amide bonds. The van der Waals surface area contributed by atoms with Gasteiger partial charge >= 0.3 is 5.97 Å². The minimum atomic E-state index is -0.516. The molecule has 12 heavy (non-hydrogen) atoms. The Morgan fingerprint density at radius 3 is 2.75 bits per heavy atom. The molecule has 3 nitrogen and oxygen atoms in total. The van der Waals surface area contributed by atoms with Gasteiger partial charge in [-0.2, -0.15) is 0 Å². The van der Waals surface area contributed by atoms with Crippen molar-refractivity contribution in [2.45, 2.75) is 6.92 Å². The Kier molecular flexibility index (Phi) is 2.63. The molecule has 0 radical (unpaired) electrons. The van der Waals surface area contributed by atoms with E-state index in [1.807, 2.05) is 0 Å². The van der Waals surface area contributed by atoms with Crippen molar-refractivity contribution in [2.24, 2.45) is 0 Å². The van der Waals surface area contributed by atoms with Crippen LogP contribution in [-0.4, -0.2) is 5.97 Å². The van der Waals surface area contributed by atoms with Crippen LogP contribution in [0, 0.1) is 5.82 Å². The summed E-state index contributed by atoms with van der Waals surface area (Å²) in [6, 6.07) is 5.92. The number of anilines is 1. The van der Waals surface area contributed by atoms with Crippen molar-refractivity contribution in [1.82, 2.24) is 0 Å². The van der Waals surface area contributed by atoms with Crippen LogP contribution in [0.3, 0.4) is 0 Å². The third-order valence-corrected chi connectivity index (χ3v) is 1.18. The summed E-state index contributed by atoms with van der Waals surface area (Å²) in [5, 5.41) is 0. The SMILES string of the molecule is CC(=O)ONc1ccccc1F. The Labute approximate surface area is 69.1 Å². The van der Waals surface area contributed by atoms with Crippen LogP contribution in [0.2, 0.25) is 0 Å². The highest BCUT2D eigenvalue weighted by molar-refractivity contribution is 5.67. The summed E-state index contributed by atoms with van der Waals surface area (Å²) in [5.74, 6) is -0.975. The first-order valence-electron chi connectivity index (χ1n) is 3.38. The van der Waals surface area contributed by atoms with Crippen LogP contribution in [0.1, 0.15) is 6.92 Å². The van der Waals surface area contributed by atoms with E-state index < -0.39 is 11.8 Å². The predicted molar refractivity (Wildman–Crippen MR) is 41.8 cm³/mol. The summed E-state index contributed by atoms with van der Waals surface area (Å²) in [6.07, 6.45) is 0. The third kappa shape index (κ3) is 2.23. The van der Waals surface area contributed by atoms with Crippen LogP contribution < -0.4 is 5.48 Å². The van der Waals surface area contributed by atoms with Crippen LogP contribution in [0.15, 0.2) is 24.3 Å². The average Bonchev–Trinajstić information content (AvgIpc) is 2.03. The van der Waals surface area contributed by atoms with E-state index in [1.165, 1.54) is 19.1 Å². The second-order valence-electron chi connectivity index (χ2n) is 2.18. The minimum absolute atomic E-state index is 0.146. The number of benzene rings is 1. The van der Waals surface area contributed by atoms with Gasteiger partial charge in [0.05, 0.1) is 0 Å². The largest absolute Gasteiger partial charge is 0.344 e. The number of carbonyl (C=O) groups is 1. The Balaban J connectivity index is 2.63. The molecule has 1 aromatic carbocycles. The van der Waals surface area contributed by atoms with E-state index >= 15 is 0 Å². The van der Waals surface area contributed by atoms with E-state index in [0.29, 0.717) is 0 Å². The van der Waals surface area contributed by atoms with Gasteiger partial charge < -0.3 is 4.84 Å². The summed E-state index contributed by atoms with van der Waals surface area (Å²) in [6.45, 7) is 1.23. The van der Waals surface area contributed by atoms with Crippen LogP contribution in [-0.2, 0) is 9.63 Å². The first-order valence-corrected chi connectivity index (χ1v) is 3.38. The lowest BCUT2D eigenvalue weighted by atomic mass is 10.3. The van der Waals surface area contributed by atoms with Crippen LogP contribution in [0.25, 0.3) is 0 Å². The number of rotatable bonds is 2. The standard InChI is InChI=1S/C8H8FNO2/c1-6(11)12-10-8-5-3-2-4-7(8)9/h2-5,10H,1H3. The summed E-state index contributed by atoms with van der Waals surface area (Å²) in [4.78, 5) is 14.7. The Hall–Kier alpha value is -1.58. The van der Waals surface area contributed by atoms with Gasteiger partial charge in [-0.1, -0.05) is 12.1 Å². The molecule has 0 aliphatic heterocycles. The van der Waals surface area contributed by atoms with Crippen molar-refractivity contribution in [3.05, 3.63) is 30.1 Å². The maximum atomic E-state index is 12.8. The fraction of sp³-hybridized carbons (Fsp3) is 0.125. The number of hydrogen-bond acceptors (Lipinski definition) is 3. The molecule has 0 saturated heterocycles. The van der Waals surface area contributed by atoms with E-state index in [2.05, 4.69) is 10.3 Å². The van der Waals surface area contributed by atoms with Crippen molar-refractivity contribution in [1.29, 1.82) is 0 Å². The fourth-order valence-corrected chi connectivity index (χ4v) is 0.671. The molecule has 64 valence electrons. The lowest BCUT2D eigenvalue weighted by Gasteiger charge is -2.04. The second-order valence-corrected chi connectivity index (χ2v) is 2.18. The molecule has 4 heteroatoms. The van der Waals surface area contributed by atoms with Crippen molar-refractivity contribution >= 4 is 11.7 Å². The average molecular weight is 169 g/mol. The van der Waals surface area contributed by atoms with Gasteiger partial charge in [0.2, 0.25) is 0 Å². The van der Waals surface area contributed by atoms with E-state index in [1.54, 1.807) is 12.1 Å². The highest BCUT2D eigenvalue weighted by Crippen LogP contribution is 2.11. The maximum absolute atomic E-state index is 12.8. The van der Waals surface area contributed by atoms with Gasteiger partial charge in [0.15, 0.2) is 0 Å². The highest BCUT2D eigenvalue weighted by Gasteiger charge is 1.99. The van der Waals surface area contributed by atoms with Gasteiger partial charge in [-0.05, 0) is 12.1 Å². The fourth-order valence-electron chi connectivity index (χ4n) is 0.671. The van der Waals surface area contributed by atoms with Gasteiger partial charge in [0, 0.05) is 6.92 Å². The number of hydrogen-bond donors (Lipinski definition) is 1. The first-order chi connectivity index (χ1) is 5.70. The summed E-state index contributed by atoms with van der Waals surface area (Å²) < 4.78 is 12.8. The third-order valence-electron chi connectivity index (χ3n) is 1.18. The Bertz CT molecular complexity index is 288. The molecule has 0 heterocycles. The molecule has 0 aliphatic rings. The van der Waals surface area contributed by atoms with Gasteiger partial charge in [-0.3, -0.25) is 4.79 Å². The number of nitrogens with one attached hydrogen (secondary N) is 1. The summed E-state index contributed by atoms with van der Waals surface area (Å²) >= 11 is 0. The molecule has 0 aliphatic carbocycles. The Morgan fingerprint density at radius 1 is 1.50 bits per heavy atom. The van der Waals surface area contributed by atoms with Gasteiger partial charge in [-0.15, -0.1) is 0 Å². The lowest BCUT2D eigenvalue weighted by Crippen LogP contribution is -2.07. The molecular weight excluding hydrogens is 161 g/mol. The molecule has 0 spiro atoms. The van der Waals surface area contributed by atoms with Gasteiger partial charge in [0.1, 0.15) is 11.5 Å². The van der Waals surface area contributed by atoms with Crippen molar-refractivity contribution in [3.8, 4) is 0 Å². The minimum Gasteiger partial charge on any atom is -0.344 e. The molecule has 0 fully saturated rings. The molecule has 1 rings (SSSR count). The normalized spacial score (nSPS) is 9.17. The second kappa shape index (κ2) is 3.71. The van der Waals surface area contributed by atoms with E-state index in [0.717, 1.165) is 0 Å². The van der Waals surface area contributed by atoms with Crippen molar-refractivity contribution in [3.63, 3.8) is 0 Å². The zero-order valence-corrected chi connectivity index (χ0v) is 6.50. The molecule has 0 unspecified atom stereocenters. The topological polar surface area (TPSA) is 38.3 Å². The highest BCUT2D eigenvalue weighted by atomic mass is 19.1. The monoisotopic (exact) mass is 169 g/mol. The van der Waals surface area contributed by atoms with E-state index in [9.17, 15) is 9.18 Å². The molecule has 0 bridgehead atoms. The van der Waals surface area contributed by atoms with Crippen LogP contribution >= 0.6 is 0 Å². The molecule has 0 saturated carbocycles. The zero-order chi connectivity index (χ0) is 8.97. The lowest BCUT2D eigenvalue weighted by molar-refractivity contribution is -0.138. The smallest absolute Gasteiger partial charge is 0.329 e. The summed E-state index contributed by atoms with van der Waals surface area (Å²) in [7, 11) is 0. The number of halogens is 1. The predicted octanol–water partition coefficient (Wildman–Crippen LogP) is 1.72. The number of carbonyl (C=O) groups excluding carboxylic acids is 1. The van der Waals surface area contributed by atoms with Gasteiger partial charge in [-0.25, -0.2) is 9.87 Å². The number of para-hydroxylation sites is 1. The van der Waals surface area contributed by atoms with E-state index in [4.69, 9.17) is 0 Å². The van der Waals surface area contributed by atoms with Gasteiger partial charge in [0.25, 0.3) is 0 Å². The molecular formula is C8H8FNO2. The van der Waals surface area contributed by atoms with Crippen molar-refractivity contribution in [2.75, 3.05) is 5.48 Å². The molecule has 0 atom stereocenters. The maximum Gasteiger partial charge on any atom is 0.329 e. The summed E-state index contributed by atoms with van der Waals surface area (Å²) in [5.41, 5.74) is 2.33. The Morgan fingerprint density at radius 2 is 2.17 bits per heavy atom. The molecule has 1 N–H and O–H groups in total. The molecule has 1 aromatic rings. The van der Waals surface area contributed by atoms with Crippen LogP contribution in [0.4, 0.5) is 10.1 Å². The first kappa shape index (κ1) is 8.52. The quantitative estimate of drug-likeness (QED) is 0.685. The van der Waals surface area contributed by atoms with E-state index in [-0.39, 0.29) is 5.69 Å². The van der Waals surface area contributed by atoms with Crippen LogP contribution in [0.5, 0.6) is 0 Å². The zero-order valence-electron chi connectivity index (χ0n) is 6.50. The van der Waals surface area contributed by atoms with Crippen molar-refractivity contribution < 1.29 is 14.0 Å².